The van der Waals surface area contributed by atoms with Gasteiger partial charge in [0.1, 0.15) is 5.82 Å². The SMILES string of the molecule is CCOC(=O)CCN(C(=O)c1ccc2nc[nH]c2c1)c1ccc(F)cc1. The topological polar surface area (TPSA) is 75.3 Å². The number of imidazole rings is 1. The predicted octanol–water partition coefficient (Wildman–Crippen LogP) is 3.30. The zero-order valence-corrected chi connectivity index (χ0v) is 14.2. The standard InChI is InChI=1S/C19H18FN3O3/c1-2-26-18(24)9-10-23(15-6-4-14(20)5-7-15)19(25)13-3-8-16-17(11-13)22-12-21-16/h3-8,11-12H,2,9-10H2,1H3,(H,21,22). The third-order valence-electron chi connectivity index (χ3n) is 3.90. The number of aromatic nitrogens is 2. The molecule has 0 saturated heterocycles. The molecule has 0 aliphatic heterocycles. The summed E-state index contributed by atoms with van der Waals surface area (Å²) in [6.07, 6.45) is 1.60. The highest BCUT2D eigenvalue weighted by molar-refractivity contribution is 6.07. The molecule has 0 saturated carbocycles. The maximum atomic E-state index is 13.2. The molecule has 0 fully saturated rings. The summed E-state index contributed by atoms with van der Waals surface area (Å²) in [6, 6.07) is 10.7. The number of hydrogen-bond donors (Lipinski definition) is 1. The number of halogens is 1. The largest absolute Gasteiger partial charge is 0.466 e. The van der Waals surface area contributed by atoms with E-state index in [1.54, 1.807) is 31.5 Å². The maximum Gasteiger partial charge on any atom is 0.307 e. The molecule has 3 aromatic rings. The van der Waals surface area contributed by atoms with Gasteiger partial charge in [-0.3, -0.25) is 9.59 Å². The summed E-state index contributed by atoms with van der Waals surface area (Å²) >= 11 is 0. The van der Waals surface area contributed by atoms with Gasteiger partial charge < -0.3 is 14.6 Å². The highest BCUT2D eigenvalue weighted by Crippen LogP contribution is 2.20. The minimum Gasteiger partial charge on any atom is -0.466 e. The van der Waals surface area contributed by atoms with Crippen molar-refractivity contribution in [3.8, 4) is 0 Å². The number of amides is 1. The first-order chi connectivity index (χ1) is 12.6. The fourth-order valence-corrected chi connectivity index (χ4v) is 2.63. The summed E-state index contributed by atoms with van der Waals surface area (Å²) in [5.74, 6) is -1.08. The number of rotatable bonds is 6. The molecule has 0 aliphatic carbocycles. The van der Waals surface area contributed by atoms with E-state index in [0.717, 1.165) is 11.0 Å². The van der Waals surface area contributed by atoms with Crippen LogP contribution in [0.4, 0.5) is 10.1 Å². The van der Waals surface area contributed by atoms with Crippen LogP contribution in [0, 0.1) is 5.82 Å². The molecule has 1 heterocycles. The lowest BCUT2D eigenvalue weighted by molar-refractivity contribution is -0.142. The number of H-pyrrole nitrogens is 1. The van der Waals surface area contributed by atoms with Gasteiger partial charge in [0.25, 0.3) is 5.91 Å². The summed E-state index contributed by atoms with van der Waals surface area (Å²) in [5, 5.41) is 0. The number of nitrogens with one attached hydrogen (secondary N) is 1. The molecule has 2 aromatic carbocycles. The molecule has 0 unspecified atom stereocenters. The van der Waals surface area contributed by atoms with Crippen molar-refractivity contribution in [2.45, 2.75) is 13.3 Å². The van der Waals surface area contributed by atoms with Gasteiger partial charge in [-0.05, 0) is 49.4 Å². The molecule has 1 N–H and O–H groups in total. The first-order valence-corrected chi connectivity index (χ1v) is 8.24. The van der Waals surface area contributed by atoms with Crippen LogP contribution in [-0.4, -0.2) is 35.0 Å². The molecule has 0 spiro atoms. The minimum atomic E-state index is -0.398. The molecule has 3 rings (SSSR count). The van der Waals surface area contributed by atoms with E-state index in [2.05, 4.69) is 9.97 Å². The van der Waals surface area contributed by atoms with Crippen molar-refractivity contribution in [3.63, 3.8) is 0 Å². The summed E-state index contributed by atoms with van der Waals surface area (Å²) in [6.45, 7) is 2.13. The molecule has 0 aliphatic rings. The molecule has 7 heteroatoms. The monoisotopic (exact) mass is 355 g/mol. The van der Waals surface area contributed by atoms with Crippen molar-refractivity contribution in [1.29, 1.82) is 0 Å². The van der Waals surface area contributed by atoms with Crippen molar-refractivity contribution in [3.05, 3.63) is 60.2 Å². The number of benzene rings is 2. The van der Waals surface area contributed by atoms with Crippen LogP contribution in [0.25, 0.3) is 11.0 Å². The first-order valence-electron chi connectivity index (χ1n) is 8.24. The van der Waals surface area contributed by atoms with Gasteiger partial charge in [-0.1, -0.05) is 0 Å². The van der Waals surface area contributed by atoms with Gasteiger partial charge in [0, 0.05) is 17.8 Å². The van der Waals surface area contributed by atoms with Crippen molar-refractivity contribution in [2.24, 2.45) is 0 Å². The van der Waals surface area contributed by atoms with Crippen LogP contribution in [0.1, 0.15) is 23.7 Å². The third-order valence-corrected chi connectivity index (χ3v) is 3.90. The minimum absolute atomic E-state index is 0.0449. The number of aromatic amines is 1. The molecule has 26 heavy (non-hydrogen) atoms. The van der Waals surface area contributed by atoms with E-state index in [9.17, 15) is 14.0 Å². The van der Waals surface area contributed by atoms with Gasteiger partial charge in [-0.15, -0.1) is 0 Å². The fourth-order valence-electron chi connectivity index (χ4n) is 2.63. The Morgan fingerprint density at radius 3 is 2.69 bits per heavy atom. The van der Waals surface area contributed by atoms with Gasteiger partial charge >= 0.3 is 5.97 Å². The van der Waals surface area contributed by atoms with Crippen LogP contribution in [0.5, 0.6) is 0 Å². The maximum absolute atomic E-state index is 13.2. The molecule has 1 aromatic heterocycles. The molecule has 0 bridgehead atoms. The molecule has 6 nitrogen and oxygen atoms in total. The Morgan fingerprint density at radius 1 is 1.19 bits per heavy atom. The Kier molecular flexibility index (Phi) is 5.26. The highest BCUT2D eigenvalue weighted by Gasteiger charge is 2.20. The summed E-state index contributed by atoms with van der Waals surface area (Å²) in [5.41, 5.74) is 2.43. The van der Waals surface area contributed by atoms with E-state index in [1.807, 2.05) is 0 Å². The second kappa shape index (κ2) is 7.77. The van der Waals surface area contributed by atoms with Crippen LogP contribution in [0.15, 0.2) is 48.8 Å². The molecule has 1 amide bonds. The summed E-state index contributed by atoms with van der Waals surface area (Å²) in [7, 11) is 0. The van der Waals surface area contributed by atoms with Crippen LogP contribution < -0.4 is 4.90 Å². The fraction of sp³-hybridized carbons (Fsp3) is 0.211. The zero-order chi connectivity index (χ0) is 18.5. The van der Waals surface area contributed by atoms with Gasteiger partial charge in [-0.25, -0.2) is 9.37 Å². The Bertz CT molecular complexity index is 921. The molecule has 0 atom stereocenters. The van der Waals surface area contributed by atoms with E-state index >= 15 is 0 Å². The van der Waals surface area contributed by atoms with Crippen LogP contribution in [-0.2, 0) is 9.53 Å². The molecular formula is C19H18FN3O3. The molecule has 0 radical (unpaired) electrons. The number of hydrogen-bond acceptors (Lipinski definition) is 4. The van der Waals surface area contributed by atoms with E-state index in [1.165, 1.54) is 29.2 Å². The summed E-state index contributed by atoms with van der Waals surface area (Å²) < 4.78 is 18.2. The Labute approximate surface area is 149 Å². The average molecular weight is 355 g/mol. The Hall–Kier alpha value is -3.22. The lowest BCUT2D eigenvalue weighted by Gasteiger charge is -2.22. The lowest BCUT2D eigenvalue weighted by atomic mass is 10.1. The van der Waals surface area contributed by atoms with Crippen LogP contribution in [0.2, 0.25) is 0 Å². The normalized spacial score (nSPS) is 10.7. The molecular weight excluding hydrogens is 337 g/mol. The Morgan fingerprint density at radius 2 is 1.96 bits per heavy atom. The van der Waals surface area contributed by atoms with E-state index in [-0.39, 0.29) is 25.5 Å². The number of anilines is 1. The van der Waals surface area contributed by atoms with Gasteiger partial charge in [-0.2, -0.15) is 0 Å². The van der Waals surface area contributed by atoms with E-state index in [0.29, 0.717) is 11.3 Å². The van der Waals surface area contributed by atoms with Crippen LogP contribution >= 0.6 is 0 Å². The van der Waals surface area contributed by atoms with Gasteiger partial charge in [0.15, 0.2) is 0 Å². The number of carbonyl (C=O) groups excluding carboxylic acids is 2. The second-order valence-corrected chi connectivity index (χ2v) is 5.62. The average Bonchev–Trinajstić information content (AvgIpc) is 3.11. The zero-order valence-electron chi connectivity index (χ0n) is 14.2. The number of esters is 1. The number of fused-ring (bicyclic) bond motifs is 1. The number of carbonyl (C=O) groups is 2. The van der Waals surface area contributed by atoms with Gasteiger partial charge in [0.2, 0.25) is 0 Å². The Balaban J connectivity index is 1.88. The van der Waals surface area contributed by atoms with Crippen molar-refractivity contribution in [1.82, 2.24) is 9.97 Å². The quantitative estimate of drug-likeness (QED) is 0.689. The smallest absolute Gasteiger partial charge is 0.307 e. The third kappa shape index (κ3) is 3.88. The highest BCUT2D eigenvalue weighted by atomic mass is 19.1. The van der Waals surface area contributed by atoms with Crippen molar-refractivity contribution >= 4 is 28.6 Å². The first kappa shape index (κ1) is 17.6. The van der Waals surface area contributed by atoms with Gasteiger partial charge in [0.05, 0.1) is 30.4 Å². The van der Waals surface area contributed by atoms with E-state index in [4.69, 9.17) is 4.74 Å². The molecule has 134 valence electrons. The number of ether oxygens (including phenoxy) is 1. The van der Waals surface area contributed by atoms with Crippen molar-refractivity contribution < 1.29 is 18.7 Å². The van der Waals surface area contributed by atoms with Crippen LogP contribution in [0.3, 0.4) is 0 Å². The predicted molar refractivity (Wildman–Crippen MR) is 95.4 cm³/mol. The lowest BCUT2D eigenvalue weighted by Crippen LogP contribution is -2.33. The second-order valence-electron chi connectivity index (χ2n) is 5.62. The number of nitrogens with zero attached hydrogens (tertiary/aromatic N) is 2. The van der Waals surface area contributed by atoms with Crippen molar-refractivity contribution in [2.75, 3.05) is 18.1 Å². The summed E-state index contributed by atoms with van der Waals surface area (Å²) in [4.78, 5) is 33.2. The van der Waals surface area contributed by atoms with E-state index < -0.39 is 11.8 Å².